The fourth-order valence-corrected chi connectivity index (χ4v) is 1.58. The molecule has 1 aromatic heterocycles. The van der Waals surface area contributed by atoms with E-state index in [-0.39, 0.29) is 0 Å². The van der Waals surface area contributed by atoms with Gasteiger partial charge >= 0.3 is 0 Å². The van der Waals surface area contributed by atoms with Gasteiger partial charge in [-0.3, -0.25) is 0 Å². The Morgan fingerprint density at radius 2 is 1.81 bits per heavy atom. The molecule has 1 heterocycles. The molecule has 0 saturated carbocycles. The van der Waals surface area contributed by atoms with E-state index in [0.717, 1.165) is 24.4 Å². The van der Waals surface area contributed by atoms with Crippen LogP contribution in [-0.2, 0) is 19.4 Å². The van der Waals surface area contributed by atoms with Crippen LogP contribution in [0.1, 0.15) is 17.1 Å². The van der Waals surface area contributed by atoms with Crippen LogP contribution in [0.4, 0.5) is 0 Å². The second kappa shape index (κ2) is 5.37. The van der Waals surface area contributed by atoms with Gasteiger partial charge in [0.1, 0.15) is 5.82 Å². The molecule has 0 amide bonds. The van der Waals surface area contributed by atoms with Crippen LogP contribution in [0.3, 0.4) is 0 Å². The van der Waals surface area contributed by atoms with E-state index in [1.165, 1.54) is 5.56 Å². The standard InChI is InChI=1S/C13H15N3/c14-10-12-8-9-15-13(16-12)7-6-11-4-2-1-3-5-11/h1-5,8-9H,6-7,10,14H2. The number of nitrogens with zero attached hydrogens (tertiary/aromatic N) is 2. The molecule has 0 atom stereocenters. The first-order valence-electron chi connectivity index (χ1n) is 5.43. The number of aryl methyl sites for hydroxylation is 2. The van der Waals surface area contributed by atoms with E-state index in [1.807, 2.05) is 24.3 Å². The van der Waals surface area contributed by atoms with Crippen molar-refractivity contribution < 1.29 is 0 Å². The second-order valence-electron chi connectivity index (χ2n) is 3.65. The number of hydrogen-bond acceptors (Lipinski definition) is 3. The minimum Gasteiger partial charge on any atom is -0.325 e. The van der Waals surface area contributed by atoms with Crippen LogP contribution in [0, 0.1) is 0 Å². The summed E-state index contributed by atoms with van der Waals surface area (Å²) in [6.45, 7) is 0.473. The highest BCUT2D eigenvalue weighted by molar-refractivity contribution is 5.15. The highest BCUT2D eigenvalue weighted by Crippen LogP contribution is 2.04. The topological polar surface area (TPSA) is 51.8 Å². The Morgan fingerprint density at radius 3 is 2.56 bits per heavy atom. The van der Waals surface area contributed by atoms with E-state index in [1.54, 1.807) is 6.20 Å². The fourth-order valence-electron chi connectivity index (χ4n) is 1.58. The fraction of sp³-hybridized carbons (Fsp3) is 0.231. The number of hydrogen-bond donors (Lipinski definition) is 1. The molecule has 16 heavy (non-hydrogen) atoms. The van der Waals surface area contributed by atoms with Gasteiger partial charge in [0.05, 0.1) is 5.69 Å². The van der Waals surface area contributed by atoms with Crippen molar-refractivity contribution in [3.63, 3.8) is 0 Å². The molecule has 0 spiro atoms. The molecule has 0 aliphatic heterocycles. The van der Waals surface area contributed by atoms with Gasteiger partial charge in [-0.25, -0.2) is 9.97 Å². The Hall–Kier alpha value is -1.74. The average Bonchev–Trinajstić information content (AvgIpc) is 2.38. The van der Waals surface area contributed by atoms with Crippen LogP contribution < -0.4 is 5.73 Å². The van der Waals surface area contributed by atoms with Crippen LogP contribution in [0.2, 0.25) is 0 Å². The van der Waals surface area contributed by atoms with Crippen molar-refractivity contribution >= 4 is 0 Å². The van der Waals surface area contributed by atoms with Gasteiger partial charge in [-0.1, -0.05) is 30.3 Å². The third kappa shape index (κ3) is 2.87. The minimum atomic E-state index is 0.473. The van der Waals surface area contributed by atoms with Crippen LogP contribution >= 0.6 is 0 Å². The Kier molecular flexibility index (Phi) is 3.62. The molecule has 2 rings (SSSR count). The summed E-state index contributed by atoms with van der Waals surface area (Å²) < 4.78 is 0. The van der Waals surface area contributed by atoms with Crippen molar-refractivity contribution in [1.29, 1.82) is 0 Å². The van der Waals surface area contributed by atoms with Crippen molar-refractivity contribution in [1.82, 2.24) is 9.97 Å². The SMILES string of the molecule is NCc1ccnc(CCc2ccccc2)n1. The normalized spacial score (nSPS) is 10.3. The first-order valence-corrected chi connectivity index (χ1v) is 5.43. The maximum absolute atomic E-state index is 5.54. The molecule has 0 aliphatic rings. The summed E-state index contributed by atoms with van der Waals surface area (Å²) in [7, 11) is 0. The summed E-state index contributed by atoms with van der Waals surface area (Å²) in [5.41, 5.74) is 7.75. The third-order valence-electron chi connectivity index (χ3n) is 2.45. The van der Waals surface area contributed by atoms with Gasteiger partial charge in [0, 0.05) is 19.2 Å². The van der Waals surface area contributed by atoms with Crippen molar-refractivity contribution in [2.75, 3.05) is 0 Å². The van der Waals surface area contributed by atoms with Gasteiger partial charge in [0.2, 0.25) is 0 Å². The zero-order chi connectivity index (χ0) is 11.2. The minimum absolute atomic E-state index is 0.473. The molecule has 0 saturated heterocycles. The summed E-state index contributed by atoms with van der Waals surface area (Å²) >= 11 is 0. The number of benzene rings is 1. The van der Waals surface area contributed by atoms with Crippen LogP contribution in [0.25, 0.3) is 0 Å². The summed E-state index contributed by atoms with van der Waals surface area (Å²) in [4.78, 5) is 8.61. The van der Waals surface area contributed by atoms with E-state index in [4.69, 9.17) is 5.73 Å². The molecule has 3 heteroatoms. The van der Waals surface area contributed by atoms with Crippen molar-refractivity contribution in [3.05, 3.63) is 59.7 Å². The molecule has 3 nitrogen and oxygen atoms in total. The Morgan fingerprint density at radius 1 is 1.00 bits per heavy atom. The first kappa shape index (κ1) is 10.8. The van der Waals surface area contributed by atoms with E-state index >= 15 is 0 Å². The quantitative estimate of drug-likeness (QED) is 0.841. The lowest BCUT2D eigenvalue weighted by atomic mass is 10.1. The molecule has 2 N–H and O–H groups in total. The predicted octanol–water partition coefficient (Wildman–Crippen LogP) is 1.72. The van der Waals surface area contributed by atoms with Gasteiger partial charge in [-0.2, -0.15) is 0 Å². The summed E-state index contributed by atoms with van der Waals surface area (Å²) in [6, 6.07) is 12.2. The molecular formula is C13H15N3. The predicted molar refractivity (Wildman–Crippen MR) is 63.8 cm³/mol. The molecule has 0 fully saturated rings. The second-order valence-corrected chi connectivity index (χ2v) is 3.65. The van der Waals surface area contributed by atoms with E-state index in [0.29, 0.717) is 6.54 Å². The lowest BCUT2D eigenvalue weighted by Crippen LogP contribution is -2.04. The maximum Gasteiger partial charge on any atom is 0.128 e. The van der Waals surface area contributed by atoms with Crippen molar-refractivity contribution in [3.8, 4) is 0 Å². The highest BCUT2D eigenvalue weighted by atomic mass is 14.9. The molecule has 0 aliphatic carbocycles. The van der Waals surface area contributed by atoms with E-state index < -0.39 is 0 Å². The van der Waals surface area contributed by atoms with Gasteiger partial charge in [-0.15, -0.1) is 0 Å². The Labute approximate surface area is 95.4 Å². The van der Waals surface area contributed by atoms with Crippen LogP contribution in [-0.4, -0.2) is 9.97 Å². The summed E-state index contributed by atoms with van der Waals surface area (Å²) in [5.74, 6) is 0.867. The van der Waals surface area contributed by atoms with E-state index in [2.05, 4.69) is 22.1 Å². The maximum atomic E-state index is 5.54. The average molecular weight is 213 g/mol. The van der Waals surface area contributed by atoms with Gasteiger partial charge in [0.25, 0.3) is 0 Å². The molecule has 0 unspecified atom stereocenters. The van der Waals surface area contributed by atoms with Crippen LogP contribution in [0.5, 0.6) is 0 Å². The van der Waals surface area contributed by atoms with Gasteiger partial charge < -0.3 is 5.73 Å². The molecule has 2 aromatic rings. The Balaban J connectivity index is 1.99. The highest BCUT2D eigenvalue weighted by Gasteiger charge is 1.99. The number of aromatic nitrogens is 2. The smallest absolute Gasteiger partial charge is 0.128 e. The first-order chi connectivity index (χ1) is 7.88. The largest absolute Gasteiger partial charge is 0.325 e. The number of rotatable bonds is 4. The third-order valence-corrected chi connectivity index (χ3v) is 2.45. The molecule has 0 bridgehead atoms. The van der Waals surface area contributed by atoms with E-state index in [9.17, 15) is 0 Å². The molecule has 1 aromatic carbocycles. The monoisotopic (exact) mass is 213 g/mol. The summed E-state index contributed by atoms with van der Waals surface area (Å²) in [6.07, 6.45) is 3.60. The van der Waals surface area contributed by atoms with Crippen LogP contribution in [0.15, 0.2) is 42.6 Å². The lowest BCUT2D eigenvalue weighted by Gasteiger charge is -2.02. The molecular weight excluding hydrogens is 198 g/mol. The van der Waals surface area contributed by atoms with Crippen molar-refractivity contribution in [2.24, 2.45) is 5.73 Å². The zero-order valence-electron chi connectivity index (χ0n) is 9.13. The zero-order valence-corrected chi connectivity index (χ0v) is 9.13. The number of nitrogens with two attached hydrogens (primary N) is 1. The Bertz CT molecular complexity index is 440. The van der Waals surface area contributed by atoms with Gasteiger partial charge in [0.15, 0.2) is 0 Å². The molecule has 82 valence electrons. The lowest BCUT2D eigenvalue weighted by molar-refractivity contribution is 0.826. The molecule has 0 radical (unpaired) electrons. The summed E-state index contributed by atoms with van der Waals surface area (Å²) in [5, 5.41) is 0. The van der Waals surface area contributed by atoms with Gasteiger partial charge in [-0.05, 0) is 18.1 Å². The van der Waals surface area contributed by atoms with Crippen molar-refractivity contribution in [2.45, 2.75) is 19.4 Å².